The minimum Gasteiger partial charge on any atom is -0.441 e. The molecule has 102 valence electrons. The molecule has 1 atom stereocenters. The Bertz CT molecular complexity index is 723. The molecule has 1 heterocycles. The number of benzene rings is 2. The third-order valence-electron chi connectivity index (χ3n) is 3.05. The maximum absolute atomic E-state index is 13.9. The fourth-order valence-electron chi connectivity index (χ4n) is 2.06. The van der Waals surface area contributed by atoms with E-state index in [0.29, 0.717) is 15.9 Å². The average Bonchev–Trinajstić information content (AvgIpc) is 2.83. The van der Waals surface area contributed by atoms with Crippen LogP contribution in [0.2, 0.25) is 0 Å². The van der Waals surface area contributed by atoms with Gasteiger partial charge in [0, 0.05) is 5.56 Å². The molecular formula is C15H11BrFNO2. The number of hydrogen-bond donors (Lipinski definition) is 1. The Labute approximate surface area is 123 Å². The van der Waals surface area contributed by atoms with Gasteiger partial charge >= 0.3 is 0 Å². The molecule has 0 aliphatic carbocycles. The molecule has 0 aliphatic heterocycles. The summed E-state index contributed by atoms with van der Waals surface area (Å²) in [4.78, 5) is 4.27. The lowest BCUT2D eigenvalue weighted by Gasteiger charge is -2.10. The highest BCUT2D eigenvalue weighted by Crippen LogP contribution is 2.26. The van der Waals surface area contributed by atoms with E-state index in [1.165, 1.54) is 0 Å². The molecule has 0 saturated carbocycles. The largest absolute Gasteiger partial charge is 0.441 e. The molecule has 3 aromatic rings. The quantitative estimate of drug-likeness (QED) is 0.786. The number of para-hydroxylation sites is 2. The summed E-state index contributed by atoms with van der Waals surface area (Å²) in [6.45, 7) is 0. The third kappa shape index (κ3) is 2.46. The van der Waals surface area contributed by atoms with E-state index in [4.69, 9.17) is 4.42 Å². The molecular weight excluding hydrogens is 325 g/mol. The van der Waals surface area contributed by atoms with Gasteiger partial charge in [0.25, 0.3) is 0 Å². The van der Waals surface area contributed by atoms with Crippen molar-refractivity contribution in [3.8, 4) is 0 Å². The van der Waals surface area contributed by atoms with Crippen molar-refractivity contribution < 1.29 is 13.9 Å². The smallest absolute Gasteiger partial charge is 0.198 e. The van der Waals surface area contributed by atoms with Crippen LogP contribution in [0.1, 0.15) is 17.6 Å². The Kier molecular flexibility index (Phi) is 3.54. The number of hydrogen-bond acceptors (Lipinski definition) is 3. The van der Waals surface area contributed by atoms with Gasteiger partial charge in [-0.05, 0) is 34.1 Å². The van der Waals surface area contributed by atoms with Crippen LogP contribution in [0.15, 0.2) is 51.4 Å². The van der Waals surface area contributed by atoms with Gasteiger partial charge in [-0.15, -0.1) is 0 Å². The predicted octanol–water partition coefficient (Wildman–Crippen LogP) is 4.01. The normalized spacial score (nSPS) is 12.8. The number of aliphatic hydroxyl groups is 1. The maximum Gasteiger partial charge on any atom is 0.198 e. The fraction of sp³-hybridized carbons (Fsp3) is 0.133. The molecule has 5 heteroatoms. The highest BCUT2D eigenvalue weighted by atomic mass is 79.9. The van der Waals surface area contributed by atoms with Crippen LogP contribution in [0, 0.1) is 5.82 Å². The second-order valence-corrected chi connectivity index (χ2v) is 5.29. The lowest BCUT2D eigenvalue weighted by molar-refractivity contribution is 0.164. The van der Waals surface area contributed by atoms with Gasteiger partial charge in [-0.3, -0.25) is 0 Å². The summed E-state index contributed by atoms with van der Waals surface area (Å²) in [6, 6.07) is 12.2. The van der Waals surface area contributed by atoms with Crippen LogP contribution in [-0.4, -0.2) is 10.1 Å². The van der Waals surface area contributed by atoms with E-state index >= 15 is 0 Å². The van der Waals surface area contributed by atoms with Gasteiger partial charge in [0.1, 0.15) is 11.3 Å². The van der Waals surface area contributed by atoms with Crippen LogP contribution in [-0.2, 0) is 6.42 Å². The lowest BCUT2D eigenvalue weighted by atomic mass is 10.1. The van der Waals surface area contributed by atoms with Crippen LogP contribution >= 0.6 is 15.9 Å². The molecule has 20 heavy (non-hydrogen) atoms. The molecule has 2 aromatic carbocycles. The number of aliphatic hydroxyl groups excluding tert-OH is 1. The van der Waals surface area contributed by atoms with Crippen molar-refractivity contribution in [2.24, 2.45) is 0 Å². The molecule has 3 nitrogen and oxygen atoms in total. The van der Waals surface area contributed by atoms with E-state index in [9.17, 15) is 9.50 Å². The number of nitrogens with zero attached hydrogens (tertiary/aromatic N) is 1. The van der Waals surface area contributed by atoms with Crippen molar-refractivity contribution in [1.82, 2.24) is 4.98 Å². The fourth-order valence-corrected chi connectivity index (χ4v) is 2.44. The van der Waals surface area contributed by atoms with Gasteiger partial charge in [-0.2, -0.15) is 0 Å². The molecule has 1 unspecified atom stereocenters. The van der Waals surface area contributed by atoms with Gasteiger partial charge in [-0.1, -0.05) is 24.3 Å². The molecule has 1 aromatic heterocycles. The summed E-state index contributed by atoms with van der Waals surface area (Å²) in [7, 11) is 0. The zero-order valence-corrected chi connectivity index (χ0v) is 12.0. The van der Waals surface area contributed by atoms with Crippen molar-refractivity contribution in [3.05, 3.63) is 64.2 Å². The van der Waals surface area contributed by atoms with E-state index in [-0.39, 0.29) is 12.0 Å². The molecule has 0 fully saturated rings. The summed E-state index contributed by atoms with van der Waals surface area (Å²) in [5, 5.41) is 10.1. The second kappa shape index (κ2) is 5.34. The van der Waals surface area contributed by atoms with Crippen molar-refractivity contribution >= 4 is 27.0 Å². The van der Waals surface area contributed by atoms with Crippen LogP contribution in [0.3, 0.4) is 0 Å². The molecule has 0 bridgehead atoms. The summed E-state index contributed by atoms with van der Waals surface area (Å²) < 4.78 is 19.8. The first-order valence-electron chi connectivity index (χ1n) is 6.11. The van der Waals surface area contributed by atoms with E-state index in [0.717, 1.165) is 5.52 Å². The van der Waals surface area contributed by atoms with Gasteiger partial charge in [0.2, 0.25) is 0 Å². The van der Waals surface area contributed by atoms with Crippen molar-refractivity contribution in [2.75, 3.05) is 0 Å². The van der Waals surface area contributed by atoms with Crippen molar-refractivity contribution in [3.63, 3.8) is 0 Å². The lowest BCUT2D eigenvalue weighted by Crippen LogP contribution is -2.05. The van der Waals surface area contributed by atoms with Gasteiger partial charge in [-0.25, -0.2) is 9.37 Å². The van der Waals surface area contributed by atoms with Gasteiger partial charge in [0.15, 0.2) is 11.5 Å². The SMILES string of the molecule is OC(Cc1nc2ccccc2o1)c1cccc(Br)c1F. The Morgan fingerprint density at radius 3 is 2.80 bits per heavy atom. The third-order valence-corrected chi connectivity index (χ3v) is 3.66. The van der Waals surface area contributed by atoms with Crippen LogP contribution < -0.4 is 0 Å². The summed E-state index contributed by atoms with van der Waals surface area (Å²) >= 11 is 3.10. The van der Waals surface area contributed by atoms with E-state index in [2.05, 4.69) is 20.9 Å². The summed E-state index contributed by atoms with van der Waals surface area (Å²) in [6.07, 6.45) is -0.872. The highest BCUT2D eigenvalue weighted by molar-refractivity contribution is 9.10. The molecule has 3 rings (SSSR count). The first kappa shape index (κ1) is 13.3. The minimum atomic E-state index is -0.999. The van der Waals surface area contributed by atoms with Crippen molar-refractivity contribution in [2.45, 2.75) is 12.5 Å². The summed E-state index contributed by atoms with van der Waals surface area (Å²) in [5.74, 6) is -0.0748. The number of halogens is 2. The van der Waals surface area contributed by atoms with Crippen LogP contribution in [0.4, 0.5) is 4.39 Å². The van der Waals surface area contributed by atoms with Crippen LogP contribution in [0.5, 0.6) is 0 Å². The Hall–Kier alpha value is -1.72. The number of oxazole rings is 1. The van der Waals surface area contributed by atoms with E-state index in [1.54, 1.807) is 24.3 Å². The monoisotopic (exact) mass is 335 g/mol. The average molecular weight is 336 g/mol. The molecule has 1 N–H and O–H groups in total. The highest BCUT2D eigenvalue weighted by Gasteiger charge is 2.18. The summed E-state index contributed by atoms with van der Waals surface area (Å²) in [5.41, 5.74) is 1.61. The molecule has 0 spiro atoms. The molecule has 0 saturated heterocycles. The second-order valence-electron chi connectivity index (χ2n) is 4.44. The standard InChI is InChI=1S/C15H11BrFNO2/c16-10-5-3-4-9(15(10)17)12(19)8-14-18-11-6-1-2-7-13(11)20-14/h1-7,12,19H,8H2. The topological polar surface area (TPSA) is 46.3 Å². The van der Waals surface area contributed by atoms with Gasteiger partial charge < -0.3 is 9.52 Å². The predicted molar refractivity (Wildman–Crippen MR) is 76.8 cm³/mol. The Morgan fingerprint density at radius 1 is 1.20 bits per heavy atom. The van der Waals surface area contributed by atoms with Crippen molar-refractivity contribution in [1.29, 1.82) is 0 Å². The Morgan fingerprint density at radius 2 is 2.00 bits per heavy atom. The molecule has 0 radical (unpaired) electrons. The number of rotatable bonds is 3. The molecule has 0 aliphatic rings. The number of fused-ring (bicyclic) bond motifs is 1. The maximum atomic E-state index is 13.9. The first-order chi connectivity index (χ1) is 9.65. The van der Waals surface area contributed by atoms with Crippen LogP contribution in [0.25, 0.3) is 11.1 Å². The van der Waals surface area contributed by atoms with E-state index < -0.39 is 11.9 Å². The first-order valence-corrected chi connectivity index (χ1v) is 6.91. The zero-order chi connectivity index (χ0) is 14.1. The molecule has 0 amide bonds. The minimum absolute atomic E-state index is 0.127. The van der Waals surface area contributed by atoms with E-state index in [1.807, 2.05) is 18.2 Å². The number of aromatic nitrogens is 1. The zero-order valence-electron chi connectivity index (χ0n) is 10.4. The Balaban J connectivity index is 1.88. The van der Waals surface area contributed by atoms with Gasteiger partial charge in [0.05, 0.1) is 17.0 Å².